The van der Waals surface area contributed by atoms with E-state index in [1.54, 1.807) is 12.1 Å². The molecule has 0 saturated carbocycles. The van der Waals surface area contributed by atoms with Crippen molar-refractivity contribution < 1.29 is 5.11 Å². The van der Waals surface area contributed by atoms with Crippen LogP contribution in [-0.4, -0.2) is 10.9 Å². The summed E-state index contributed by atoms with van der Waals surface area (Å²) in [5, 5.41) is 16.0. The topological polar surface area (TPSA) is 70.1 Å². The number of nitrogens with one attached hydrogen (secondary N) is 1. The molecule has 51 valence electrons. The Hall–Kier alpha value is -1.51. The fourth-order valence-corrected chi connectivity index (χ4v) is 0.644. The van der Waals surface area contributed by atoms with E-state index in [0.717, 1.165) is 0 Å². The van der Waals surface area contributed by atoms with E-state index in [4.69, 9.17) is 16.2 Å². The van der Waals surface area contributed by atoms with Gasteiger partial charge in [-0.2, -0.15) is 0 Å². The lowest BCUT2D eigenvalue weighted by atomic mass is 10.2. The van der Waals surface area contributed by atoms with Gasteiger partial charge in [-0.3, -0.25) is 5.41 Å². The van der Waals surface area contributed by atoms with Crippen molar-refractivity contribution in [2.45, 2.75) is 0 Å². The van der Waals surface area contributed by atoms with Crippen molar-refractivity contribution in [1.29, 1.82) is 5.41 Å². The second-order valence-electron chi connectivity index (χ2n) is 1.84. The number of amidine groups is 1. The maximum Gasteiger partial charge on any atom is 0.127 e. The van der Waals surface area contributed by atoms with E-state index in [1.165, 1.54) is 6.07 Å². The zero-order chi connectivity index (χ0) is 7.56. The van der Waals surface area contributed by atoms with Gasteiger partial charge in [0, 0.05) is 0 Å². The molecule has 0 aliphatic heterocycles. The maximum atomic E-state index is 9.03. The van der Waals surface area contributed by atoms with E-state index >= 15 is 0 Å². The van der Waals surface area contributed by atoms with Gasteiger partial charge >= 0.3 is 0 Å². The number of rotatable bonds is 1. The van der Waals surface area contributed by atoms with Crippen LogP contribution in [0.5, 0.6) is 5.75 Å². The van der Waals surface area contributed by atoms with Gasteiger partial charge in [0.2, 0.25) is 0 Å². The van der Waals surface area contributed by atoms with Gasteiger partial charge in [0.1, 0.15) is 11.6 Å². The molecule has 10 heavy (non-hydrogen) atoms. The molecule has 3 heteroatoms. The van der Waals surface area contributed by atoms with Gasteiger partial charge in [0.15, 0.2) is 0 Å². The molecule has 1 radical (unpaired) electrons. The fraction of sp³-hybridized carbons (Fsp3) is 0. The van der Waals surface area contributed by atoms with Gasteiger partial charge in [0.05, 0.1) is 5.56 Å². The molecular weight excluding hydrogens is 128 g/mol. The molecule has 1 aromatic carbocycles. The Balaban J connectivity index is 3.15. The second kappa shape index (κ2) is 2.39. The highest BCUT2D eigenvalue weighted by Gasteiger charge is 2.00. The largest absolute Gasteiger partial charge is 0.507 e. The molecule has 3 nitrogen and oxygen atoms in total. The molecule has 0 bridgehead atoms. The minimum Gasteiger partial charge on any atom is -0.507 e. The minimum atomic E-state index is -0.168. The molecule has 0 saturated heterocycles. The number of aromatic hydroxyl groups is 1. The predicted octanol–water partition coefficient (Wildman–Crippen LogP) is 0.476. The maximum absolute atomic E-state index is 9.03. The average molecular weight is 135 g/mol. The molecule has 4 N–H and O–H groups in total. The molecule has 0 aromatic heterocycles. The molecule has 1 aromatic rings. The number of phenols is 1. The van der Waals surface area contributed by atoms with Crippen LogP contribution in [0.1, 0.15) is 5.56 Å². The summed E-state index contributed by atoms with van der Waals surface area (Å²) < 4.78 is 0. The number of benzene rings is 1. The standard InChI is InChI=1S/C7H7N2O/c8-7(9)5-3-1-2-4-6(5)10/h1-2,4,10H,(H3,8,9). The lowest BCUT2D eigenvalue weighted by Gasteiger charge is -1.98. The Kier molecular flexibility index (Phi) is 1.58. The Morgan fingerprint density at radius 1 is 1.70 bits per heavy atom. The molecule has 0 heterocycles. The third kappa shape index (κ3) is 1.07. The van der Waals surface area contributed by atoms with Crippen molar-refractivity contribution in [3.63, 3.8) is 0 Å². The van der Waals surface area contributed by atoms with E-state index in [2.05, 4.69) is 6.07 Å². The summed E-state index contributed by atoms with van der Waals surface area (Å²) in [6.45, 7) is 0. The summed E-state index contributed by atoms with van der Waals surface area (Å²) in [7, 11) is 0. The number of hydrogen-bond donors (Lipinski definition) is 3. The first-order chi connectivity index (χ1) is 4.72. The third-order valence-electron chi connectivity index (χ3n) is 1.10. The van der Waals surface area contributed by atoms with E-state index in [9.17, 15) is 0 Å². The van der Waals surface area contributed by atoms with Crippen LogP contribution < -0.4 is 5.73 Å². The molecule has 0 aliphatic carbocycles. The molecule has 1 rings (SSSR count). The van der Waals surface area contributed by atoms with Gasteiger partial charge in [-0.25, -0.2) is 0 Å². The first kappa shape index (κ1) is 6.61. The Bertz CT molecular complexity index is 258. The molecule has 0 fully saturated rings. The monoisotopic (exact) mass is 135 g/mol. The summed E-state index contributed by atoms with van der Waals surface area (Å²) in [6, 6.07) is 7.32. The first-order valence-corrected chi connectivity index (χ1v) is 2.76. The summed E-state index contributed by atoms with van der Waals surface area (Å²) in [5.41, 5.74) is 5.36. The van der Waals surface area contributed by atoms with Crippen LogP contribution in [0.4, 0.5) is 0 Å². The number of hydrogen-bond acceptors (Lipinski definition) is 2. The summed E-state index contributed by atoms with van der Waals surface area (Å²) in [5.74, 6) is -0.173. The lowest BCUT2D eigenvalue weighted by molar-refractivity contribution is 0.474. The predicted molar refractivity (Wildman–Crippen MR) is 38.0 cm³/mol. The van der Waals surface area contributed by atoms with E-state index in [1.807, 2.05) is 0 Å². The molecule has 0 amide bonds. The quantitative estimate of drug-likeness (QED) is 0.387. The summed E-state index contributed by atoms with van der Waals surface area (Å²) >= 11 is 0. The lowest BCUT2D eigenvalue weighted by Crippen LogP contribution is -2.10. The van der Waals surface area contributed by atoms with Crippen LogP contribution in [0.3, 0.4) is 0 Å². The van der Waals surface area contributed by atoms with E-state index in [-0.39, 0.29) is 17.1 Å². The third-order valence-corrected chi connectivity index (χ3v) is 1.10. The van der Waals surface area contributed by atoms with Crippen LogP contribution in [0.25, 0.3) is 0 Å². The van der Waals surface area contributed by atoms with Crippen LogP contribution in [0.15, 0.2) is 18.2 Å². The Morgan fingerprint density at radius 3 is 2.80 bits per heavy atom. The summed E-state index contributed by atoms with van der Waals surface area (Å²) in [4.78, 5) is 0. The van der Waals surface area contributed by atoms with E-state index in [0.29, 0.717) is 0 Å². The highest BCUT2D eigenvalue weighted by Crippen LogP contribution is 2.12. The van der Waals surface area contributed by atoms with Crippen LogP contribution in [-0.2, 0) is 0 Å². The molecule has 0 spiro atoms. The van der Waals surface area contributed by atoms with Crippen LogP contribution in [0.2, 0.25) is 0 Å². The minimum absolute atomic E-state index is 0.00463. The highest BCUT2D eigenvalue weighted by molar-refractivity contribution is 5.97. The zero-order valence-corrected chi connectivity index (χ0v) is 5.26. The Morgan fingerprint density at radius 2 is 2.40 bits per heavy atom. The van der Waals surface area contributed by atoms with Crippen LogP contribution in [0, 0.1) is 11.5 Å². The van der Waals surface area contributed by atoms with Crippen molar-refractivity contribution in [1.82, 2.24) is 0 Å². The number of nitrogens with two attached hydrogens (primary N) is 1. The van der Waals surface area contributed by atoms with Gasteiger partial charge in [0.25, 0.3) is 0 Å². The van der Waals surface area contributed by atoms with Crippen LogP contribution >= 0.6 is 0 Å². The van der Waals surface area contributed by atoms with Crippen molar-refractivity contribution in [3.8, 4) is 5.75 Å². The smallest absolute Gasteiger partial charge is 0.127 e. The molecule has 0 atom stereocenters. The normalized spacial score (nSPS) is 9.20. The first-order valence-electron chi connectivity index (χ1n) is 2.76. The van der Waals surface area contributed by atoms with Crippen molar-refractivity contribution in [2.75, 3.05) is 0 Å². The zero-order valence-electron chi connectivity index (χ0n) is 5.26. The van der Waals surface area contributed by atoms with E-state index < -0.39 is 0 Å². The molecule has 0 aliphatic rings. The van der Waals surface area contributed by atoms with Gasteiger partial charge in [-0.05, 0) is 12.1 Å². The fourth-order valence-electron chi connectivity index (χ4n) is 0.644. The van der Waals surface area contributed by atoms with Crippen molar-refractivity contribution in [3.05, 3.63) is 29.8 Å². The summed E-state index contributed by atoms with van der Waals surface area (Å²) in [6.07, 6.45) is 0. The molecule has 0 unspecified atom stereocenters. The average Bonchev–Trinajstić information content (AvgIpc) is 1.88. The Labute approximate surface area is 58.6 Å². The SMILES string of the molecule is N=C(N)c1[c]cccc1O. The van der Waals surface area contributed by atoms with Gasteiger partial charge < -0.3 is 10.8 Å². The van der Waals surface area contributed by atoms with Gasteiger partial charge in [-0.15, -0.1) is 0 Å². The van der Waals surface area contributed by atoms with Crippen molar-refractivity contribution in [2.24, 2.45) is 5.73 Å². The van der Waals surface area contributed by atoms with Crippen molar-refractivity contribution >= 4 is 5.84 Å². The number of phenolic OH excluding ortho intramolecular Hbond substituents is 1. The second-order valence-corrected chi connectivity index (χ2v) is 1.84. The number of nitrogen functional groups attached to an aromatic ring is 1. The molecular formula is C7H7N2O. The van der Waals surface area contributed by atoms with Gasteiger partial charge in [-0.1, -0.05) is 12.1 Å². The highest BCUT2D eigenvalue weighted by atomic mass is 16.3.